The Balaban J connectivity index is 1.08. The van der Waals surface area contributed by atoms with E-state index in [0.29, 0.717) is 18.8 Å². The molecule has 3 aromatic rings. The van der Waals surface area contributed by atoms with Gasteiger partial charge in [0.15, 0.2) is 5.13 Å². The molecule has 5 rings (SSSR count). The summed E-state index contributed by atoms with van der Waals surface area (Å²) in [6, 6.07) is 15.6. The number of morpholine rings is 1. The number of hydrogen-bond acceptors (Lipinski definition) is 8. The zero-order valence-electron chi connectivity index (χ0n) is 23.1. The molecule has 2 aromatic carbocycles. The number of nitrogens with one attached hydrogen (secondary N) is 2. The average molecular weight is 565 g/mol. The first-order chi connectivity index (χ1) is 19.7. The van der Waals surface area contributed by atoms with Gasteiger partial charge in [-0.1, -0.05) is 25.7 Å². The molecule has 2 aliphatic rings. The summed E-state index contributed by atoms with van der Waals surface area (Å²) < 4.78 is 17.4. The van der Waals surface area contributed by atoms with Crippen LogP contribution in [0.2, 0.25) is 0 Å². The number of amidine groups is 1. The maximum absolute atomic E-state index is 8.81. The molecule has 0 unspecified atom stereocenters. The van der Waals surface area contributed by atoms with Gasteiger partial charge in [0, 0.05) is 29.1 Å². The van der Waals surface area contributed by atoms with E-state index in [-0.39, 0.29) is 5.84 Å². The molecule has 1 saturated carbocycles. The highest BCUT2D eigenvalue weighted by molar-refractivity contribution is 7.16. The lowest BCUT2D eigenvalue weighted by Crippen LogP contribution is -2.36. The van der Waals surface area contributed by atoms with Crippen LogP contribution in [-0.4, -0.2) is 55.5 Å². The topological polar surface area (TPSA) is 99.9 Å². The van der Waals surface area contributed by atoms with Crippen molar-refractivity contribution >= 4 is 22.3 Å². The van der Waals surface area contributed by atoms with Gasteiger partial charge in [-0.05, 0) is 80.1 Å². The van der Waals surface area contributed by atoms with Gasteiger partial charge >= 0.3 is 0 Å². The lowest BCUT2D eigenvalue weighted by molar-refractivity contribution is 0.122. The third-order valence-electron chi connectivity index (χ3n) is 7.63. The zero-order valence-corrected chi connectivity index (χ0v) is 23.9. The van der Waals surface area contributed by atoms with Crippen LogP contribution in [0.1, 0.15) is 55.4 Å². The molecular formula is C31H40N4O4S. The van der Waals surface area contributed by atoms with Gasteiger partial charge in [-0.3, -0.25) is 16.1 Å². The summed E-state index contributed by atoms with van der Waals surface area (Å²) >= 11 is 1.87. The number of hydrogen-bond donors (Lipinski definition) is 3. The second-order valence-electron chi connectivity index (χ2n) is 10.5. The Labute approximate surface area is 240 Å². The Morgan fingerprint density at radius 3 is 2.20 bits per heavy atom. The molecule has 2 heterocycles. The van der Waals surface area contributed by atoms with E-state index in [9.17, 15) is 0 Å². The molecule has 0 amide bonds. The van der Waals surface area contributed by atoms with E-state index < -0.39 is 0 Å². The summed E-state index contributed by atoms with van der Waals surface area (Å²) in [5.41, 5.74) is 4.76. The van der Waals surface area contributed by atoms with E-state index in [1.54, 1.807) is 24.3 Å². The van der Waals surface area contributed by atoms with Gasteiger partial charge in [0.2, 0.25) is 0 Å². The van der Waals surface area contributed by atoms with Crippen molar-refractivity contribution in [3.63, 3.8) is 0 Å². The minimum absolute atomic E-state index is 0.0358. The number of anilines is 1. The predicted octanol–water partition coefficient (Wildman–Crippen LogP) is 6.31. The van der Waals surface area contributed by atoms with Gasteiger partial charge in [0.25, 0.3) is 0 Å². The maximum atomic E-state index is 8.81. The van der Waals surface area contributed by atoms with Gasteiger partial charge in [0.05, 0.1) is 32.1 Å². The maximum Gasteiger partial charge on any atom is 0.186 e. The lowest BCUT2D eigenvalue weighted by atomic mass is 10.0. The SMILES string of the molecule is N=C(NO)c1ccc(OCCCCCOc2ccc(-c3nc(N4CCOCC4)sc3CC3CCCC3)cc2)cc1. The van der Waals surface area contributed by atoms with E-state index in [0.717, 1.165) is 80.2 Å². The molecule has 40 heavy (non-hydrogen) atoms. The molecular weight excluding hydrogens is 524 g/mol. The van der Waals surface area contributed by atoms with E-state index >= 15 is 0 Å². The number of nitrogens with zero attached hydrogens (tertiary/aromatic N) is 2. The Kier molecular flexibility index (Phi) is 10.3. The van der Waals surface area contributed by atoms with E-state index in [4.69, 9.17) is 29.8 Å². The molecule has 1 aliphatic carbocycles. The summed E-state index contributed by atoms with van der Waals surface area (Å²) in [6.07, 6.45) is 9.45. The van der Waals surface area contributed by atoms with Crippen LogP contribution in [0.3, 0.4) is 0 Å². The van der Waals surface area contributed by atoms with Gasteiger partial charge < -0.3 is 19.1 Å². The van der Waals surface area contributed by atoms with E-state index in [1.807, 2.05) is 16.8 Å². The Bertz CT molecular complexity index is 1200. The van der Waals surface area contributed by atoms with Crippen molar-refractivity contribution in [1.82, 2.24) is 10.5 Å². The van der Waals surface area contributed by atoms with Crippen LogP contribution >= 0.6 is 11.3 Å². The molecule has 214 valence electrons. The second-order valence-corrected chi connectivity index (χ2v) is 11.6. The first-order valence-corrected chi connectivity index (χ1v) is 15.3. The van der Waals surface area contributed by atoms with E-state index in [1.165, 1.54) is 36.1 Å². The predicted molar refractivity (Wildman–Crippen MR) is 159 cm³/mol. The molecule has 1 saturated heterocycles. The molecule has 0 spiro atoms. The first kappa shape index (κ1) is 28.4. The normalized spacial score (nSPS) is 15.8. The summed E-state index contributed by atoms with van der Waals surface area (Å²) in [7, 11) is 0. The van der Waals surface area contributed by atoms with Crippen LogP contribution in [0, 0.1) is 11.3 Å². The highest BCUT2D eigenvalue weighted by Gasteiger charge is 2.23. The highest BCUT2D eigenvalue weighted by Crippen LogP contribution is 2.38. The highest BCUT2D eigenvalue weighted by atomic mass is 32.1. The number of benzene rings is 2. The number of unbranched alkanes of at least 4 members (excludes halogenated alkanes) is 2. The van der Waals surface area contributed by atoms with Gasteiger partial charge in [-0.15, -0.1) is 11.3 Å². The number of thiazole rings is 1. The van der Waals surface area contributed by atoms with Crippen molar-refractivity contribution in [3.8, 4) is 22.8 Å². The van der Waals surface area contributed by atoms with Crippen LogP contribution < -0.4 is 19.9 Å². The Morgan fingerprint density at radius 1 is 0.950 bits per heavy atom. The molecule has 8 nitrogen and oxygen atoms in total. The lowest BCUT2D eigenvalue weighted by Gasteiger charge is -2.26. The van der Waals surface area contributed by atoms with Gasteiger partial charge in [0.1, 0.15) is 17.3 Å². The largest absolute Gasteiger partial charge is 0.494 e. The quantitative estimate of drug-likeness (QED) is 0.0968. The smallest absolute Gasteiger partial charge is 0.186 e. The third kappa shape index (κ3) is 7.74. The van der Waals surface area contributed by atoms with Gasteiger partial charge in [-0.25, -0.2) is 4.98 Å². The van der Waals surface area contributed by atoms with Crippen molar-refractivity contribution in [2.45, 2.75) is 51.4 Å². The van der Waals surface area contributed by atoms with Crippen LogP contribution in [0.15, 0.2) is 48.5 Å². The van der Waals surface area contributed by atoms with Crippen LogP contribution in [0.4, 0.5) is 5.13 Å². The number of aromatic nitrogens is 1. The van der Waals surface area contributed by atoms with Crippen molar-refractivity contribution in [3.05, 3.63) is 59.0 Å². The van der Waals surface area contributed by atoms with Crippen LogP contribution in [0.5, 0.6) is 11.5 Å². The number of hydroxylamine groups is 1. The van der Waals surface area contributed by atoms with Crippen molar-refractivity contribution in [2.24, 2.45) is 5.92 Å². The molecule has 9 heteroatoms. The Hall–Kier alpha value is -3.14. The summed E-state index contributed by atoms with van der Waals surface area (Å²) in [5.74, 6) is 2.40. The van der Waals surface area contributed by atoms with Crippen molar-refractivity contribution in [2.75, 3.05) is 44.4 Å². The molecule has 3 N–H and O–H groups in total. The Morgan fingerprint density at radius 2 is 1.57 bits per heavy atom. The molecule has 2 fully saturated rings. The number of rotatable bonds is 13. The number of ether oxygens (including phenoxy) is 3. The van der Waals surface area contributed by atoms with Crippen molar-refractivity contribution in [1.29, 1.82) is 5.41 Å². The van der Waals surface area contributed by atoms with Crippen molar-refractivity contribution < 1.29 is 19.4 Å². The van der Waals surface area contributed by atoms with Crippen LogP contribution in [0.25, 0.3) is 11.3 Å². The standard InChI is InChI=1S/C31H40N4O4S/c32-30(34-36)25-10-14-27(15-11-25)39-19-5-1-4-18-38-26-12-8-24(9-13-26)29-28(22-23-6-2-3-7-23)40-31(33-29)35-16-20-37-21-17-35/h8-15,23,36H,1-7,16-22H2,(H2,32,34). The monoisotopic (exact) mass is 564 g/mol. The zero-order chi connectivity index (χ0) is 27.6. The molecule has 0 bridgehead atoms. The molecule has 1 aromatic heterocycles. The first-order valence-electron chi connectivity index (χ1n) is 14.5. The minimum Gasteiger partial charge on any atom is -0.494 e. The van der Waals surface area contributed by atoms with Crippen LogP contribution in [-0.2, 0) is 11.2 Å². The minimum atomic E-state index is -0.0358. The average Bonchev–Trinajstić information content (AvgIpc) is 3.68. The fraction of sp³-hybridized carbons (Fsp3) is 0.484. The third-order valence-corrected chi connectivity index (χ3v) is 8.76. The summed E-state index contributed by atoms with van der Waals surface area (Å²) in [4.78, 5) is 8.92. The molecule has 0 radical (unpaired) electrons. The van der Waals surface area contributed by atoms with E-state index in [2.05, 4.69) is 29.2 Å². The van der Waals surface area contributed by atoms with Gasteiger partial charge in [-0.2, -0.15) is 0 Å². The fourth-order valence-electron chi connectivity index (χ4n) is 5.32. The molecule has 0 atom stereocenters. The molecule has 1 aliphatic heterocycles. The summed E-state index contributed by atoms with van der Waals surface area (Å²) in [6.45, 7) is 4.69. The summed E-state index contributed by atoms with van der Waals surface area (Å²) in [5, 5.41) is 17.5. The fourth-order valence-corrected chi connectivity index (χ4v) is 6.57. The second kappa shape index (κ2) is 14.5.